The lowest BCUT2D eigenvalue weighted by atomic mass is 9.74. The van der Waals surface area contributed by atoms with Crippen molar-refractivity contribution in [2.24, 2.45) is 11.1 Å². The van der Waals surface area contributed by atoms with Crippen LogP contribution >= 0.6 is 0 Å². The van der Waals surface area contributed by atoms with Gasteiger partial charge in [0.1, 0.15) is 6.10 Å². The molecule has 0 saturated carbocycles. The third-order valence-corrected chi connectivity index (χ3v) is 3.94. The van der Waals surface area contributed by atoms with Crippen LogP contribution in [0.15, 0.2) is 6.20 Å². The van der Waals surface area contributed by atoms with Gasteiger partial charge >= 0.3 is 0 Å². The summed E-state index contributed by atoms with van der Waals surface area (Å²) in [4.78, 5) is 9.29. The molecule has 2 N–H and O–H groups in total. The second-order valence-electron chi connectivity index (χ2n) is 6.51. The first-order valence-corrected chi connectivity index (χ1v) is 7.69. The zero-order valence-corrected chi connectivity index (χ0v) is 13.1. The minimum atomic E-state index is 0.0107. The van der Waals surface area contributed by atoms with Crippen LogP contribution in [0.3, 0.4) is 0 Å². The lowest BCUT2D eigenvalue weighted by molar-refractivity contribution is 0.0489. The van der Waals surface area contributed by atoms with Gasteiger partial charge in [-0.15, -0.1) is 0 Å². The molecule has 0 saturated heterocycles. The minimum Gasteiger partial charge on any atom is -0.371 e. The molecular weight excluding hydrogens is 250 g/mol. The van der Waals surface area contributed by atoms with Gasteiger partial charge in [-0.3, -0.25) is 0 Å². The predicted octanol–water partition coefficient (Wildman–Crippen LogP) is 3.33. The van der Waals surface area contributed by atoms with Crippen LogP contribution < -0.4 is 5.73 Å². The Morgan fingerprint density at radius 2 is 2.20 bits per heavy atom. The Morgan fingerprint density at radius 1 is 1.45 bits per heavy atom. The topological polar surface area (TPSA) is 61.0 Å². The highest BCUT2D eigenvalue weighted by atomic mass is 16.5. The van der Waals surface area contributed by atoms with E-state index in [9.17, 15) is 0 Å². The maximum Gasteiger partial charge on any atom is 0.157 e. The van der Waals surface area contributed by atoms with Gasteiger partial charge < -0.3 is 10.5 Å². The van der Waals surface area contributed by atoms with Gasteiger partial charge in [0.05, 0.1) is 0 Å². The third-order valence-electron chi connectivity index (χ3n) is 3.94. The number of rotatable bonds is 5. The summed E-state index contributed by atoms with van der Waals surface area (Å²) in [5.41, 5.74) is 8.69. The van der Waals surface area contributed by atoms with Gasteiger partial charge in [-0.2, -0.15) is 0 Å². The van der Waals surface area contributed by atoms with Crippen LogP contribution in [0.4, 0.5) is 0 Å². The molecule has 0 amide bonds. The van der Waals surface area contributed by atoms with E-state index in [0.717, 1.165) is 42.8 Å². The highest BCUT2D eigenvalue weighted by Crippen LogP contribution is 2.38. The molecule has 2 atom stereocenters. The quantitative estimate of drug-likeness (QED) is 0.896. The summed E-state index contributed by atoms with van der Waals surface area (Å²) in [6, 6.07) is 0.0551. The predicted molar refractivity (Wildman–Crippen MR) is 80.3 cm³/mol. The maximum atomic E-state index is 6.25. The Hall–Kier alpha value is -1.00. The molecule has 1 aliphatic rings. The number of nitrogens with two attached hydrogens (primary N) is 1. The number of fused-ring (bicyclic) bond motifs is 1. The van der Waals surface area contributed by atoms with E-state index in [2.05, 4.69) is 25.8 Å². The van der Waals surface area contributed by atoms with Crippen molar-refractivity contribution in [3.8, 4) is 0 Å². The molecule has 0 radical (unpaired) electrons. The smallest absolute Gasteiger partial charge is 0.157 e. The fourth-order valence-corrected chi connectivity index (χ4v) is 3.03. The first kappa shape index (κ1) is 15.4. The highest BCUT2D eigenvalue weighted by Gasteiger charge is 2.32. The van der Waals surface area contributed by atoms with Crippen molar-refractivity contribution >= 4 is 0 Å². The lowest BCUT2D eigenvalue weighted by Crippen LogP contribution is -2.31. The standard InChI is InChI=1S/C16H27N3O/c1-5-7-14(20-6-2)15-18-10-11-12(17)8-16(3,4)9-13(11)19-15/h10,12,14H,5-9,17H2,1-4H3. The third kappa shape index (κ3) is 3.36. The molecule has 2 rings (SSSR count). The van der Waals surface area contributed by atoms with Crippen molar-refractivity contribution in [2.75, 3.05) is 6.61 Å². The van der Waals surface area contributed by atoms with E-state index >= 15 is 0 Å². The molecule has 4 heteroatoms. The molecule has 1 aliphatic carbocycles. The molecule has 0 fully saturated rings. The first-order valence-electron chi connectivity index (χ1n) is 7.69. The van der Waals surface area contributed by atoms with Crippen LogP contribution in [-0.4, -0.2) is 16.6 Å². The summed E-state index contributed by atoms with van der Waals surface area (Å²) in [6.07, 6.45) is 5.91. The Kier molecular flexibility index (Phi) is 4.76. The zero-order chi connectivity index (χ0) is 14.8. The molecule has 0 bridgehead atoms. The number of hydrogen-bond acceptors (Lipinski definition) is 4. The van der Waals surface area contributed by atoms with E-state index in [1.165, 1.54) is 0 Å². The molecule has 1 aromatic rings. The van der Waals surface area contributed by atoms with Crippen molar-refractivity contribution in [1.29, 1.82) is 0 Å². The van der Waals surface area contributed by atoms with Gasteiger partial charge in [-0.05, 0) is 31.6 Å². The van der Waals surface area contributed by atoms with Crippen molar-refractivity contribution in [2.45, 2.75) is 65.5 Å². The SMILES string of the molecule is CCCC(OCC)c1ncc2c(n1)CC(C)(C)CC2N. The van der Waals surface area contributed by atoms with Gasteiger partial charge in [0.2, 0.25) is 0 Å². The average Bonchev–Trinajstić information content (AvgIpc) is 2.36. The summed E-state index contributed by atoms with van der Waals surface area (Å²) in [6.45, 7) is 9.37. The molecule has 0 aromatic carbocycles. The molecule has 0 aliphatic heterocycles. The highest BCUT2D eigenvalue weighted by molar-refractivity contribution is 5.26. The van der Waals surface area contributed by atoms with E-state index < -0.39 is 0 Å². The fraction of sp³-hybridized carbons (Fsp3) is 0.750. The molecule has 2 unspecified atom stereocenters. The van der Waals surface area contributed by atoms with E-state index in [0.29, 0.717) is 6.61 Å². The van der Waals surface area contributed by atoms with Gasteiger partial charge in [-0.25, -0.2) is 9.97 Å². The Bertz CT molecular complexity index is 453. The van der Waals surface area contributed by atoms with Crippen molar-refractivity contribution in [3.05, 3.63) is 23.3 Å². The van der Waals surface area contributed by atoms with Crippen LogP contribution in [0.5, 0.6) is 0 Å². The second-order valence-corrected chi connectivity index (χ2v) is 6.51. The maximum absolute atomic E-state index is 6.25. The van der Waals surface area contributed by atoms with Crippen molar-refractivity contribution in [1.82, 2.24) is 9.97 Å². The van der Waals surface area contributed by atoms with Crippen molar-refractivity contribution in [3.63, 3.8) is 0 Å². The molecular formula is C16H27N3O. The lowest BCUT2D eigenvalue weighted by Gasteiger charge is -2.34. The van der Waals surface area contributed by atoms with E-state index in [1.807, 2.05) is 13.1 Å². The first-order chi connectivity index (χ1) is 9.46. The number of ether oxygens (including phenoxy) is 1. The summed E-state index contributed by atoms with van der Waals surface area (Å²) in [7, 11) is 0. The summed E-state index contributed by atoms with van der Waals surface area (Å²) >= 11 is 0. The molecule has 0 spiro atoms. The summed E-state index contributed by atoms with van der Waals surface area (Å²) in [5, 5.41) is 0. The number of aromatic nitrogens is 2. The number of nitrogens with zero attached hydrogens (tertiary/aromatic N) is 2. The monoisotopic (exact) mass is 277 g/mol. The normalized spacial score (nSPS) is 22.4. The Morgan fingerprint density at radius 3 is 2.85 bits per heavy atom. The van der Waals surface area contributed by atoms with E-state index in [4.69, 9.17) is 15.5 Å². The fourth-order valence-electron chi connectivity index (χ4n) is 3.03. The summed E-state index contributed by atoms with van der Waals surface area (Å²) < 4.78 is 5.78. The largest absolute Gasteiger partial charge is 0.371 e. The van der Waals surface area contributed by atoms with Crippen molar-refractivity contribution < 1.29 is 4.74 Å². The van der Waals surface area contributed by atoms with Crippen LogP contribution in [0, 0.1) is 5.41 Å². The molecule has 1 aromatic heterocycles. The summed E-state index contributed by atoms with van der Waals surface area (Å²) in [5.74, 6) is 0.817. The Balaban J connectivity index is 2.30. The van der Waals surface area contributed by atoms with Crippen LogP contribution in [0.2, 0.25) is 0 Å². The second kappa shape index (κ2) is 6.19. The zero-order valence-electron chi connectivity index (χ0n) is 13.1. The van der Waals surface area contributed by atoms with Crippen LogP contribution in [0.25, 0.3) is 0 Å². The Labute approximate surface area is 122 Å². The molecule has 112 valence electrons. The van der Waals surface area contributed by atoms with E-state index in [-0.39, 0.29) is 17.6 Å². The molecule has 20 heavy (non-hydrogen) atoms. The van der Waals surface area contributed by atoms with Crippen LogP contribution in [0.1, 0.15) is 76.2 Å². The molecule has 4 nitrogen and oxygen atoms in total. The van der Waals surface area contributed by atoms with Gasteiger partial charge in [0, 0.05) is 30.1 Å². The van der Waals surface area contributed by atoms with Gasteiger partial charge in [-0.1, -0.05) is 27.2 Å². The van der Waals surface area contributed by atoms with E-state index in [1.54, 1.807) is 0 Å². The molecule has 1 heterocycles. The number of hydrogen-bond donors (Lipinski definition) is 1. The average molecular weight is 277 g/mol. The van der Waals surface area contributed by atoms with Gasteiger partial charge in [0.25, 0.3) is 0 Å². The van der Waals surface area contributed by atoms with Crippen LogP contribution in [-0.2, 0) is 11.2 Å². The van der Waals surface area contributed by atoms with Gasteiger partial charge in [0.15, 0.2) is 5.82 Å². The minimum absolute atomic E-state index is 0.0107.